The third-order valence-corrected chi connectivity index (χ3v) is 5.04. The average molecular weight is 321 g/mol. The Morgan fingerprint density at radius 1 is 1.30 bits per heavy atom. The van der Waals surface area contributed by atoms with Gasteiger partial charge < -0.3 is 19.1 Å². The summed E-state index contributed by atoms with van der Waals surface area (Å²) in [5, 5.41) is 4.12. The van der Waals surface area contributed by atoms with E-state index in [2.05, 4.69) is 17.1 Å². The van der Waals surface area contributed by atoms with Gasteiger partial charge in [0.05, 0.1) is 30.9 Å². The van der Waals surface area contributed by atoms with Crippen LogP contribution >= 0.6 is 0 Å². The third-order valence-electron chi connectivity index (χ3n) is 5.04. The highest BCUT2D eigenvalue weighted by Gasteiger charge is 2.38. The zero-order valence-corrected chi connectivity index (χ0v) is 14.4. The molecule has 1 aromatic rings. The topological polar surface area (TPSA) is 58.8 Å². The lowest BCUT2D eigenvalue weighted by Crippen LogP contribution is -2.61. The first-order valence-electron chi connectivity index (χ1n) is 8.69. The van der Waals surface area contributed by atoms with Gasteiger partial charge in [0.15, 0.2) is 0 Å². The highest BCUT2D eigenvalue weighted by molar-refractivity contribution is 5.79. The van der Waals surface area contributed by atoms with Crippen LogP contribution in [0.1, 0.15) is 37.3 Å². The molecular formula is C17H27N3O3. The molecule has 2 atom stereocenters. The molecule has 2 saturated heterocycles. The Bertz CT molecular complexity index is 536. The van der Waals surface area contributed by atoms with Crippen molar-refractivity contribution in [1.82, 2.24) is 15.0 Å². The molecular weight excluding hydrogens is 294 g/mol. The molecule has 0 bridgehead atoms. The number of carbonyl (C=O) groups excluding carboxylic acids is 1. The summed E-state index contributed by atoms with van der Waals surface area (Å²) < 4.78 is 11.3. The molecule has 2 aliphatic heterocycles. The Balaban J connectivity index is 1.75. The summed E-state index contributed by atoms with van der Waals surface area (Å²) in [4.78, 5) is 17.3. The number of carbonyl (C=O) groups is 1. The van der Waals surface area contributed by atoms with Crippen LogP contribution in [0.2, 0.25) is 0 Å². The number of likely N-dealkylation sites (N-methyl/N-ethyl adjacent to an activating group) is 1. The van der Waals surface area contributed by atoms with Crippen molar-refractivity contribution in [2.75, 3.05) is 33.3 Å². The van der Waals surface area contributed by atoms with Crippen LogP contribution in [0.25, 0.3) is 0 Å². The molecule has 0 saturated carbocycles. The summed E-state index contributed by atoms with van der Waals surface area (Å²) in [5.41, 5.74) is 1.91. The van der Waals surface area contributed by atoms with E-state index in [1.807, 2.05) is 18.7 Å². The van der Waals surface area contributed by atoms with E-state index in [1.165, 1.54) is 0 Å². The van der Waals surface area contributed by atoms with Gasteiger partial charge >= 0.3 is 0 Å². The van der Waals surface area contributed by atoms with Gasteiger partial charge in [-0.2, -0.15) is 0 Å². The van der Waals surface area contributed by atoms with E-state index in [9.17, 15) is 4.79 Å². The maximum absolute atomic E-state index is 12.9. The number of rotatable bonds is 4. The number of morpholine rings is 1. The van der Waals surface area contributed by atoms with Crippen molar-refractivity contribution >= 4 is 5.91 Å². The molecule has 0 spiro atoms. The number of ether oxygens (including phenoxy) is 1. The molecule has 23 heavy (non-hydrogen) atoms. The van der Waals surface area contributed by atoms with Crippen molar-refractivity contribution in [3.63, 3.8) is 0 Å². The summed E-state index contributed by atoms with van der Waals surface area (Å²) in [7, 11) is 2.11. The van der Waals surface area contributed by atoms with Crippen LogP contribution < -0.4 is 0 Å². The second-order valence-electron chi connectivity index (χ2n) is 6.53. The minimum Gasteiger partial charge on any atom is -0.374 e. The van der Waals surface area contributed by atoms with Crippen molar-refractivity contribution in [3.05, 3.63) is 17.0 Å². The summed E-state index contributed by atoms with van der Waals surface area (Å²) in [5.74, 6) is 1.02. The summed E-state index contributed by atoms with van der Waals surface area (Å²) >= 11 is 0. The average Bonchev–Trinajstić information content (AvgIpc) is 2.95. The smallest absolute Gasteiger partial charge is 0.227 e. The fraction of sp³-hybridized carbons (Fsp3) is 0.765. The quantitative estimate of drug-likeness (QED) is 0.836. The number of aryl methyl sites for hydroxylation is 2. The Hall–Kier alpha value is -1.40. The molecule has 0 aliphatic carbocycles. The number of amides is 1. The molecule has 128 valence electrons. The number of fused-ring (bicyclic) bond motifs is 1. The van der Waals surface area contributed by atoms with E-state index in [0.717, 1.165) is 49.4 Å². The van der Waals surface area contributed by atoms with Crippen LogP contribution in [-0.4, -0.2) is 66.3 Å². The van der Waals surface area contributed by atoms with E-state index in [0.29, 0.717) is 19.6 Å². The van der Waals surface area contributed by atoms with Crippen molar-refractivity contribution in [1.29, 1.82) is 0 Å². The minimum atomic E-state index is 0.171. The standard InChI is InChI=1S/C17H27N3O3/c1-4-13-12(15(5-2)23-18-13)10-17(21)20-8-9-22-16-6-7-19(3)11-14(16)20/h14,16H,4-11H2,1-3H3/t14-,16-/m0/s1. The van der Waals surface area contributed by atoms with E-state index in [-0.39, 0.29) is 18.1 Å². The SMILES string of the molecule is CCc1noc(CC)c1CC(=O)N1CCO[C@H]2CCN(C)C[C@@H]21. The van der Waals surface area contributed by atoms with Gasteiger partial charge in [-0.25, -0.2) is 0 Å². The number of hydrogen-bond donors (Lipinski definition) is 0. The molecule has 1 amide bonds. The van der Waals surface area contributed by atoms with Crippen LogP contribution in [0.5, 0.6) is 0 Å². The summed E-state index contributed by atoms with van der Waals surface area (Å²) in [6, 6.07) is 0.171. The molecule has 3 heterocycles. The zero-order valence-electron chi connectivity index (χ0n) is 14.4. The van der Waals surface area contributed by atoms with Gasteiger partial charge in [0, 0.05) is 31.6 Å². The second kappa shape index (κ2) is 7.01. The summed E-state index contributed by atoms with van der Waals surface area (Å²) in [6.07, 6.45) is 3.14. The molecule has 6 nitrogen and oxygen atoms in total. The minimum absolute atomic E-state index is 0.171. The molecule has 6 heteroatoms. The third kappa shape index (κ3) is 3.28. The first kappa shape index (κ1) is 16.5. The second-order valence-corrected chi connectivity index (χ2v) is 6.53. The van der Waals surface area contributed by atoms with Crippen molar-refractivity contribution in [2.24, 2.45) is 0 Å². The highest BCUT2D eigenvalue weighted by Crippen LogP contribution is 2.24. The number of hydrogen-bond acceptors (Lipinski definition) is 5. The fourth-order valence-electron chi connectivity index (χ4n) is 3.73. The molecule has 0 aromatic carbocycles. The highest BCUT2D eigenvalue weighted by atomic mass is 16.5. The normalized spacial score (nSPS) is 25.4. The predicted molar refractivity (Wildman–Crippen MR) is 86.3 cm³/mol. The largest absolute Gasteiger partial charge is 0.374 e. The van der Waals surface area contributed by atoms with E-state index >= 15 is 0 Å². The van der Waals surface area contributed by atoms with Gasteiger partial charge in [-0.3, -0.25) is 4.79 Å². The Labute approximate surface area is 137 Å². The van der Waals surface area contributed by atoms with Crippen molar-refractivity contribution in [2.45, 2.75) is 51.7 Å². The molecule has 1 aromatic heterocycles. The molecule has 0 N–H and O–H groups in total. The van der Waals surface area contributed by atoms with E-state index < -0.39 is 0 Å². The molecule has 3 rings (SSSR count). The Morgan fingerprint density at radius 2 is 2.13 bits per heavy atom. The van der Waals surface area contributed by atoms with Gasteiger partial charge in [-0.05, 0) is 19.9 Å². The lowest BCUT2D eigenvalue weighted by Gasteiger charge is -2.46. The van der Waals surface area contributed by atoms with Gasteiger partial charge in [0.2, 0.25) is 5.91 Å². The Morgan fingerprint density at radius 3 is 2.87 bits per heavy atom. The van der Waals surface area contributed by atoms with Gasteiger partial charge in [0.25, 0.3) is 0 Å². The van der Waals surface area contributed by atoms with Crippen LogP contribution in [0.15, 0.2) is 4.52 Å². The first-order valence-corrected chi connectivity index (χ1v) is 8.69. The molecule has 0 unspecified atom stereocenters. The van der Waals surface area contributed by atoms with Gasteiger partial charge in [-0.15, -0.1) is 0 Å². The maximum atomic E-state index is 12.9. The number of aromatic nitrogens is 1. The lowest BCUT2D eigenvalue weighted by molar-refractivity contribution is -0.151. The first-order chi connectivity index (χ1) is 11.1. The molecule has 0 radical (unpaired) electrons. The monoisotopic (exact) mass is 321 g/mol. The molecule has 2 fully saturated rings. The van der Waals surface area contributed by atoms with Crippen LogP contribution in [0, 0.1) is 0 Å². The zero-order chi connectivity index (χ0) is 16.4. The van der Waals surface area contributed by atoms with Gasteiger partial charge in [-0.1, -0.05) is 19.0 Å². The van der Waals surface area contributed by atoms with E-state index in [4.69, 9.17) is 9.26 Å². The van der Waals surface area contributed by atoms with Crippen LogP contribution in [0.4, 0.5) is 0 Å². The lowest BCUT2D eigenvalue weighted by atomic mass is 9.97. The number of nitrogens with zero attached hydrogens (tertiary/aromatic N) is 3. The fourth-order valence-corrected chi connectivity index (χ4v) is 3.73. The van der Waals surface area contributed by atoms with Crippen LogP contribution in [-0.2, 0) is 28.8 Å². The van der Waals surface area contributed by atoms with Gasteiger partial charge in [0.1, 0.15) is 5.76 Å². The van der Waals surface area contributed by atoms with Crippen LogP contribution in [0.3, 0.4) is 0 Å². The van der Waals surface area contributed by atoms with Crippen molar-refractivity contribution < 1.29 is 14.1 Å². The molecule has 2 aliphatic rings. The summed E-state index contributed by atoms with van der Waals surface area (Å²) in [6.45, 7) is 7.33. The number of piperidine rings is 1. The van der Waals surface area contributed by atoms with Crippen molar-refractivity contribution in [3.8, 4) is 0 Å². The Kier molecular flexibility index (Phi) is 5.02. The maximum Gasteiger partial charge on any atom is 0.227 e. The van der Waals surface area contributed by atoms with E-state index in [1.54, 1.807) is 0 Å². The number of likely N-dealkylation sites (tertiary alicyclic amines) is 1. The predicted octanol–water partition coefficient (Wildman–Crippen LogP) is 1.27.